The fraction of sp³-hybridized carbons (Fsp3) is 0.846. The summed E-state index contributed by atoms with van der Waals surface area (Å²) in [5.41, 5.74) is 0. The number of ether oxygens (including phenoxy) is 5. The summed E-state index contributed by atoms with van der Waals surface area (Å²) in [5, 5.41) is 0.856. The van der Waals surface area contributed by atoms with Gasteiger partial charge in [0.05, 0.1) is 66.1 Å². The third kappa shape index (κ3) is 18.0. The fourth-order valence-corrected chi connectivity index (χ4v) is 1.33. The first-order valence-corrected chi connectivity index (χ1v) is 7.59. The molecule has 0 rings (SSSR count). The van der Waals surface area contributed by atoms with Crippen LogP contribution in [-0.4, -0.2) is 71.4 Å². The standard InChI is InChI=1S/C13H25BrO5/c1-2-4-15-6-8-17-10-12-19-13-11-18-9-7-16-5-3-14/h2H,1,3-13H2. The maximum absolute atomic E-state index is 5.33. The minimum absolute atomic E-state index is 0.566. The summed E-state index contributed by atoms with van der Waals surface area (Å²) in [6.07, 6.45) is 1.72. The molecule has 6 heteroatoms. The molecular weight excluding hydrogens is 316 g/mol. The van der Waals surface area contributed by atoms with Crippen molar-refractivity contribution in [3.05, 3.63) is 12.7 Å². The van der Waals surface area contributed by atoms with Crippen LogP contribution in [0.2, 0.25) is 0 Å². The summed E-state index contributed by atoms with van der Waals surface area (Å²) < 4.78 is 26.3. The predicted molar refractivity (Wildman–Crippen MR) is 78.1 cm³/mol. The molecule has 0 atom stereocenters. The Morgan fingerprint density at radius 2 is 1.00 bits per heavy atom. The fourth-order valence-electron chi connectivity index (χ4n) is 1.10. The van der Waals surface area contributed by atoms with Gasteiger partial charge in [0, 0.05) is 5.33 Å². The first-order chi connectivity index (χ1) is 9.41. The van der Waals surface area contributed by atoms with Crippen molar-refractivity contribution in [2.75, 3.05) is 71.4 Å². The Kier molecular flexibility index (Phi) is 18.0. The Balaban J connectivity index is 2.89. The second kappa shape index (κ2) is 18.0. The lowest BCUT2D eigenvalue weighted by Gasteiger charge is -2.07. The van der Waals surface area contributed by atoms with Crippen LogP contribution in [0.4, 0.5) is 0 Å². The van der Waals surface area contributed by atoms with E-state index in [0.29, 0.717) is 66.1 Å². The Bertz CT molecular complexity index is 180. The number of hydrogen-bond acceptors (Lipinski definition) is 5. The molecule has 0 spiro atoms. The molecule has 0 saturated heterocycles. The summed E-state index contributed by atoms with van der Waals surface area (Å²) in [4.78, 5) is 0. The first kappa shape index (κ1) is 19.0. The van der Waals surface area contributed by atoms with Crippen LogP contribution >= 0.6 is 15.9 Å². The molecule has 0 aromatic heterocycles. The van der Waals surface area contributed by atoms with Gasteiger partial charge in [-0.15, -0.1) is 6.58 Å². The van der Waals surface area contributed by atoms with E-state index in [2.05, 4.69) is 22.5 Å². The van der Waals surface area contributed by atoms with E-state index in [-0.39, 0.29) is 0 Å². The van der Waals surface area contributed by atoms with E-state index in [4.69, 9.17) is 23.7 Å². The second-order valence-electron chi connectivity index (χ2n) is 3.50. The number of hydrogen-bond donors (Lipinski definition) is 0. The van der Waals surface area contributed by atoms with Crippen molar-refractivity contribution < 1.29 is 23.7 Å². The maximum atomic E-state index is 5.33. The highest BCUT2D eigenvalue weighted by molar-refractivity contribution is 9.09. The van der Waals surface area contributed by atoms with E-state index in [1.807, 2.05) is 0 Å². The van der Waals surface area contributed by atoms with Gasteiger partial charge in [-0.25, -0.2) is 0 Å². The van der Waals surface area contributed by atoms with Crippen LogP contribution in [0.15, 0.2) is 12.7 Å². The van der Waals surface area contributed by atoms with Crippen LogP contribution in [0.5, 0.6) is 0 Å². The quantitative estimate of drug-likeness (QED) is 0.243. The third-order valence-electron chi connectivity index (χ3n) is 1.95. The van der Waals surface area contributed by atoms with Crippen LogP contribution in [-0.2, 0) is 23.7 Å². The molecule has 0 aliphatic rings. The molecule has 0 aliphatic heterocycles. The van der Waals surface area contributed by atoms with Gasteiger partial charge >= 0.3 is 0 Å². The minimum Gasteiger partial charge on any atom is -0.378 e. The lowest BCUT2D eigenvalue weighted by atomic mass is 10.6. The largest absolute Gasteiger partial charge is 0.378 e. The molecule has 0 N–H and O–H groups in total. The third-order valence-corrected chi connectivity index (χ3v) is 2.27. The molecule has 0 aliphatic carbocycles. The highest BCUT2D eigenvalue weighted by atomic mass is 79.9. The topological polar surface area (TPSA) is 46.2 Å². The van der Waals surface area contributed by atoms with Crippen molar-refractivity contribution >= 4 is 15.9 Å². The van der Waals surface area contributed by atoms with Gasteiger partial charge in [0.25, 0.3) is 0 Å². The van der Waals surface area contributed by atoms with Crippen LogP contribution in [0.3, 0.4) is 0 Å². The van der Waals surface area contributed by atoms with Gasteiger partial charge in [-0.3, -0.25) is 0 Å². The highest BCUT2D eigenvalue weighted by Crippen LogP contribution is 1.85. The molecule has 0 saturated carbocycles. The zero-order chi connectivity index (χ0) is 14.0. The van der Waals surface area contributed by atoms with Gasteiger partial charge in [0.1, 0.15) is 0 Å². The van der Waals surface area contributed by atoms with Crippen molar-refractivity contribution in [1.29, 1.82) is 0 Å². The van der Waals surface area contributed by atoms with Crippen molar-refractivity contribution in [1.82, 2.24) is 0 Å². The Labute approximate surface area is 124 Å². The van der Waals surface area contributed by atoms with Gasteiger partial charge < -0.3 is 23.7 Å². The van der Waals surface area contributed by atoms with Crippen LogP contribution in [0, 0.1) is 0 Å². The first-order valence-electron chi connectivity index (χ1n) is 6.47. The second-order valence-corrected chi connectivity index (χ2v) is 4.30. The van der Waals surface area contributed by atoms with Crippen molar-refractivity contribution in [2.45, 2.75) is 0 Å². The van der Waals surface area contributed by atoms with Crippen molar-refractivity contribution in [3.63, 3.8) is 0 Å². The average molecular weight is 341 g/mol. The van der Waals surface area contributed by atoms with E-state index in [9.17, 15) is 0 Å². The predicted octanol–water partition coefficient (Wildman–Crippen LogP) is 1.65. The molecule has 0 aromatic rings. The molecule has 0 heterocycles. The normalized spacial score (nSPS) is 10.8. The van der Waals surface area contributed by atoms with E-state index in [0.717, 1.165) is 5.33 Å². The molecule has 0 bridgehead atoms. The summed E-state index contributed by atoms with van der Waals surface area (Å²) in [7, 11) is 0. The average Bonchev–Trinajstić information content (AvgIpc) is 2.43. The molecule has 0 fully saturated rings. The van der Waals surface area contributed by atoms with Gasteiger partial charge in [-0.05, 0) is 0 Å². The Morgan fingerprint density at radius 3 is 1.37 bits per heavy atom. The summed E-state index contributed by atoms with van der Waals surface area (Å²) in [5.74, 6) is 0. The van der Waals surface area contributed by atoms with Crippen LogP contribution in [0.25, 0.3) is 0 Å². The Morgan fingerprint density at radius 1 is 0.632 bits per heavy atom. The molecule has 0 aromatic carbocycles. The van der Waals surface area contributed by atoms with Gasteiger partial charge in [-0.2, -0.15) is 0 Å². The molecule has 0 amide bonds. The number of rotatable bonds is 16. The molecule has 0 unspecified atom stereocenters. The van der Waals surface area contributed by atoms with Gasteiger partial charge in [-0.1, -0.05) is 22.0 Å². The van der Waals surface area contributed by atoms with Crippen LogP contribution in [0.1, 0.15) is 0 Å². The van der Waals surface area contributed by atoms with E-state index < -0.39 is 0 Å². The number of halogens is 1. The lowest BCUT2D eigenvalue weighted by molar-refractivity contribution is -0.00827. The van der Waals surface area contributed by atoms with E-state index in [1.54, 1.807) is 6.08 Å². The zero-order valence-electron chi connectivity index (χ0n) is 11.5. The lowest BCUT2D eigenvalue weighted by Crippen LogP contribution is -2.13. The zero-order valence-corrected chi connectivity index (χ0v) is 13.1. The molecule has 5 nitrogen and oxygen atoms in total. The molecule has 19 heavy (non-hydrogen) atoms. The van der Waals surface area contributed by atoms with Crippen molar-refractivity contribution in [2.24, 2.45) is 0 Å². The SMILES string of the molecule is C=CCOCCOCCOCCOCCOCCBr. The maximum Gasteiger partial charge on any atom is 0.0704 e. The molecule has 0 radical (unpaired) electrons. The minimum atomic E-state index is 0.566. The van der Waals surface area contributed by atoms with E-state index in [1.165, 1.54) is 0 Å². The van der Waals surface area contributed by atoms with E-state index >= 15 is 0 Å². The van der Waals surface area contributed by atoms with Crippen LogP contribution < -0.4 is 0 Å². The van der Waals surface area contributed by atoms with Gasteiger partial charge in [0.2, 0.25) is 0 Å². The Hall–Kier alpha value is 0.0200. The molecular formula is C13H25BrO5. The molecule has 114 valence electrons. The highest BCUT2D eigenvalue weighted by Gasteiger charge is 1.92. The summed E-state index contributed by atoms with van der Waals surface area (Å²) >= 11 is 3.28. The van der Waals surface area contributed by atoms with Crippen molar-refractivity contribution in [3.8, 4) is 0 Å². The smallest absolute Gasteiger partial charge is 0.0704 e. The number of alkyl halides is 1. The van der Waals surface area contributed by atoms with Gasteiger partial charge in [0.15, 0.2) is 0 Å². The summed E-state index contributed by atoms with van der Waals surface area (Å²) in [6, 6.07) is 0. The monoisotopic (exact) mass is 340 g/mol. The summed E-state index contributed by atoms with van der Waals surface area (Å²) in [6.45, 7) is 9.55.